The molecule has 4 heteroatoms. The molecule has 0 amide bonds. The Bertz CT molecular complexity index is 412. The third kappa shape index (κ3) is 2.79. The number of hydrogen-bond acceptors (Lipinski definition) is 3. The third-order valence-electron chi connectivity index (χ3n) is 3.90. The van der Waals surface area contributed by atoms with E-state index in [-0.39, 0.29) is 0 Å². The van der Waals surface area contributed by atoms with E-state index in [0.29, 0.717) is 0 Å². The number of rotatable bonds is 3. The summed E-state index contributed by atoms with van der Waals surface area (Å²) in [4.78, 5) is 6.87. The van der Waals surface area contributed by atoms with E-state index in [9.17, 15) is 0 Å². The Hall–Kier alpha value is -0.770. The van der Waals surface area contributed by atoms with E-state index < -0.39 is 0 Å². The summed E-state index contributed by atoms with van der Waals surface area (Å²) in [6.07, 6.45) is 7.00. The van der Waals surface area contributed by atoms with Crippen LogP contribution in [0.2, 0.25) is 0 Å². The Morgan fingerprint density at radius 2 is 2.11 bits per heavy atom. The van der Waals surface area contributed by atoms with Crippen LogP contribution in [-0.4, -0.2) is 18.1 Å². The molecule has 0 aliphatic carbocycles. The monoisotopic (exact) mass is 311 g/mol. The third-order valence-corrected chi connectivity index (χ3v) is 4.84. The SMILES string of the molecule is CCCC1CCN(c2ncc(N)c(C)c2Br)CC1. The summed E-state index contributed by atoms with van der Waals surface area (Å²) in [5.74, 6) is 1.96. The standard InChI is InChI=1S/C14H22BrN3/c1-3-4-11-5-7-18(8-6-11)14-13(15)10(2)12(16)9-17-14/h9,11H,3-8,16H2,1-2H3. The normalized spacial score (nSPS) is 17.2. The van der Waals surface area contributed by atoms with Crippen molar-refractivity contribution in [2.45, 2.75) is 39.5 Å². The van der Waals surface area contributed by atoms with Gasteiger partial charge >= 0.3 is 0 Å². The Labute approximate surface area is 118 Å². The van der Waals surface area contributed by atoms with Crippen molar-refractivity contribution in [3.05, 3.63) is 16.2 Å². The first-order valence-electron chi connectivity index (χ1n) is 6.79. The van der Waals surface area contributed by atoms with Gasteiger partial charge in [0, 0.05) is 13.1 Å². The Morgan fingerprint density at radius 1 is 1.44 bits per heavy atom. The average Bonchev–Trinajstić information content (AvgIpc) is 2.38. The van der Waals surface area contributed by atoms with Crippen molar-refractivity contribution in [2.75, 3.05) is 23.7 Å². The number of nitrogen functional groups attached to an aromatic ring is 1. The van der Waals surface area contributed by atoms with E-state index in [1.165, 1.54) is 25.7 Å². The molecule has 1 fully saturated rings. The zero-order valence-electron chi connectivity index (χ0n) is 11.2. The van der Waals surface area contributed by atoms with Crippen LogP contribution in [0.5, 0.6) is 0 Å². The maximum absolute atomic E-state index is 5.87. The maximum atomic E-state index is 5.87. The van der Waals surface area contributed by atoms with Gasteiger partial charge in [-0.1, -0.05) is 19.8 Å². The quantitative estimate of drug-likeness (QED) is 0.924. The van der Waals surface area contributed by atoms with Crippen molar-refractivity contribution in [2.24, 2.45) is 5.92 Å². The van der Waals surface area contributed by atoms with Gasteiger partial charge < -0.3 is 10.6 Å². The molecule has 18 heavy (non-hydrogen) atoms. The van der Waals surface area contributed by atoms with Crippen LogP contribution in [0.25, 0.3) is 0 Å². The molecule has 100 valence electrons. The molecule has 0 bridgehead atoms. The van der Waals surface area contributed by atoms with Crippen LogP contribution >= 0.6 is 15.9 Å². The van der Waals surface area contributed by atoms with Crippen molar-refractivity contribution in [3.63, 3.8) is 0 Å². The van der Waals surface area contributed by atoms with Gasteiger partial charge in [0.15, 0.2) is 0 Å². The molecule has 0 radical (unpaired) electrons. The van der Waals surface area contributed by atoms with E-state index in [1.807, 2.05) is 6.92 Å². The number of hydrogen-bond donors (Lipinski definition) is 1. The van der Waals surface area contributed by atoms with Crippen molar-refractivity contribution >= 4 is 27.4 Å². The first kappa shape index (κ1) is 13.7. The van der Waals surface area contributed by atoms with Gasteiger partial charge in [-0.2, -0.15) is 0 Å². The minimum Gasteiger partial charge on any atom is -0.397 e. The first-order valence-corrected chi connectivity index (χ1v) is 7.58. The Morgan fingerprint density at radius 3 is 2.72 bits per heavy atom. The summed E-state index contributed by atoms with van der Waals surface area (Å²) >= 11 is 3.63. The number of nitrogens with two attached hydrogens (primary N) is 1. The second kappa shape index (κ2) is 5.91. The fourth-order valence-corrected chi connectivity index (χ4v) is 3.22. The largest absolute Gasteiger partial charge is 0.397 e. The van der Waals surface area contributed by atoms with Crippen molar-refractivity contribution in [1.29, 1.82) is 0 Å². The lowest BCUT2D eigenvalue weighted by Crippen LogP contribution is -2.34. The Balaban J connectivity index is 2.08. The molecule has 2 rings (SSSR count). The maximum Gasteiger partial charge on any atom is 0.143 e. The van der Waals surface area contributed by atoms with Crippen LogP contribution in [0.15, 0.2) is 10.7 Å². The molecule has 0 unspecified atom stereocenters. The second-order valence-corrected chi connectivity index (χ2v) is 5.99. The molecule has 1 aliphatic rings. The van der Waals surface area contributed by atoms with Crippen LogP contribution in [-0.2, 0) is 0 Å². The van der Waals surface area contributed by atoms with E-state index in [2.05, 4.69) is 32.7 Å². The fraction of sp³-hybridized carbons (Fsp3) is 0.643. The van der Waals surface area contributed by atoms with E-state index in [1.54, 1.807) is 6.20 Å². The highest BCUT2D eigenvalue weighted by Gasteiger charge is 2.21. The lowest BCUT2D eigenvalue weighted by molar-refractivity contribution is 0.377. The van der Waals surface area contributed by atoms with Gasteiger partial charge in [0.25, 0.3) is 0 Å². The summed E-state index contributed by atoms with van der Waals surface area (Å²) in [7, 11) is 0. The van der Waals surface area contributed by atoms with Gasteiger partial charge in [0.1, 0.15) is 5.82 Å². The molecule has 2 heterocycles. The van der Waals surface area contributed by atoms with Gasteiger partial charge in [-0.3, -0.25) is 0 Å². The fourth-order valence-electron chi connectivity index (χ4n) is 2.64. The summed E-state index contributed by atoms with van der Waals surface area (Å²) < 4.78 is 1.05. The summed E-state index contributed by atoms with van der Waals surface area (Å²) in [5, 5.41) is 0. The number of nitrogens with zero attached hydrogens (tertiary/aromatic N) is 2. The molecular weight excluding hydrogens is 290 g/mol. The second-order valence-electron chi connectivity index (χ2n) is 5.20. The first-order chi connectivity index (χ1) is 8.63. The predicted molar refractivity (Wildman–Crippen MR) is 80.9 cm³/mol. The van der Waals surface area contributed by atoms with Crippen LogP contribution < -0.4 is 10.6 Å². The average molecular weight is 312 g/mol. The van der Waals surface area contributed by atoms with E-state index in [4.69, 9.17) is 5.73 Å². The summed E-state index contributed by atoms with van der Waals surface area (Å²) in [5.41, 5.74) is 7.72. The van der Waals surface area contributed by atoms with Gasteiger partial charge in [0.05, 0.1) is 16.4 Å². The molecule has 0 saturated carbocycles. The molecule has 0 atom stereocenters. The van der Waals surface area contributed by atoms with Gasteiger partial charge in [0.2, 0.25) is 0 Å². The molecule has 2 N–H and O–H groups in total. The van der Waals surface area contributed by atoms with Crippen LogP contribution in [0.3, 0.4) is 0 Å². The lowest BCUT2D eigenvalue weighted by Gasteiger charge is -2.33. The van der Waals surface area contributed by atoms with Gasteiger partial charge in [-0.05, 0) is 47.2 Å². The number of piperidine rings is 1. The topological polar surface area (TPSA) is 42.2 Å². The molecular formula is C14H22BrN3. The zero-order chi connectivity index (χ0) is 13.1. The minimum absolute atomic E-state index is 0.756. The van der Waals surface area contributed by atoms with Crippen LogP contribution in [0.1, 0.15) is 38.2 Å². The van der Waals surface area contributed by atoms with Crippen molar-refractivity contribution in [1.82, 2.24) is 4.98 Å². The lowest BCUT2D eigenvalue weighted by atomic mass is 9.92. The van der Waals surface area contributed by atoms with Gasteiger partial charge in [-0.15, -0.1) is 0 Å². The number of anilines is 2. The number of pyridine rings is 1. The highest BCUT2D eigenvalue weighted by Crippen LogP contribution is 2.33. The molecule has 0 spiro atoms. The zero-order valence-corrected chi connectivity index (χ0v) is 12.8. The highest BCUT2D eigenvalue weighted by atomic mass is 79.9. The molecule has 0 aromatic carbocycles. The number of aromatic nitrogens is 1. The number of halogens is 1. The van der Waals surface area contributed by atoms with Crippen LogP contribution in [0.4, 0.5) is 11.5 Å². The summed E-state index contributed by atoms with van der Waals surface area (Å²) in [6, 6.07) is 0. The van der Waals surface area contributed by atoms with Crippen LogP contribution in [0, 0.1) is 12.8 Å². The Kier molecular flexibility index (Phi) is 4.49. The van der Waals surface area contributed by atoms with E-state index in [0.717, 1.165) is 40.5 Å². The summed E-state index contributed by atoms with van der Waals surface area (Å²) in [6.45, 7) is 6.53. The molecule has 1 aliphatic heterocycles. The minimum atomic E-state index is 0.756. The smallest absolute Gasteiger partial charge is 0.143 e. The highest BCUT2D eigenvalue weighted by molar-refractivity contribution is 9.10. The molecule has 1 aromatic rings. The van der Waals surface area contributed by atoms with Crippen molar-refractivity contribution in [3.8, 4) is 0 Å². The molecule has 1 saturated heterocycles. The van der Waals surface area contributed by atoms with E-state index >= 15 is 0 Å². The predicted octanol–water partition coefficient (Wildman–Crippen LogP) is 3.75. The molecule has 3 nitrogen and oxygen atoms in total. The van der Waals surface area contributed by atoms with Crippen molar-refractivity contribution < 1.29 is 0 Å². The van der Waals surface area contributed by atoms with Gasteiger partial charge in [-0.25, -0.2) is 4.98 Å². The molecule has 1 aromatic heterocycles.